The summed E-state index contributed by atoms with van der Waals surface area (Å²) in [4.78, 5) is 2.52. The van der Waals surface area contributed by atoms with Crippen molar-refractivity contribution in [2.75, 3.05) is 32.8 Å². The van der Waals surface area contributed by atoms with Crippen molar-refractivity contribution in [3.05, 3.63) is 29.8 Å². The third kappa shape index (κ3) is 6.06. The summed E-state index contributed by atoms with van der Waals surface area (Å²) in [6.07, 6.45) is 3.84. The van der Waals surface area contributed by atoms with Gasteiger partial charge in [0.1, 0.15) is 12.4 Å². The molecular formula is C18H30N2O. The number of likely N-dealkylation sites (tertiary alicyclic amines) is 1. The number of ether oxygens (including phenoxy) is 1. The highest BCUT2D eigenvalue weighted by atomic mass is 16.5. The second kappa shape index (κ2) is 9.06. The molecule has 0 spiro atoms. The molecule has 2 rings (SSSR count). The van der Waals surface area contributed by atoms with Gasteiger partial charge in [-0.1, -0.05) is 26.0 Å². The van der Waals surface area contributed by atoms with Crippen molar-refractivity contribution in [2.45, 2.75) is 39.7 Å². The monoisotopic (exact) mass is 290 g/mol. The summed E-state index contributed by atoms with van der Waals surface area (Å²) in [5.74, 6) is 1.88. The molecule has 1 saturated heterocycles. The van der Waals surface area contributed by atoms with Crippen LogP contribution in [-0.4, -0.2) is 37.7 Å². The van der Waals surface area contributed by atoms with Gasteiger partial charge in [0.15, 0.2) is 0 Å². The summed E-state index contributed by atoms with van der Waals surface area (Å²) >= 11 is 0. The highest BCUT2D eigenvalue weighted by molar-refractivity contribution is 5.27. The molecular weight excluding hydrogens is 260 g/mol. The number of hydrogen-bond donors (Lipinski definition) is 1. The highest BCUT2D eigenvalue weighted by Gasteiger charge is 2.14. The molecule has 3 heteroatoms. The summed E-state index contributed by atoms with van der Waals surface area (Å²) in [5.41, 5.74) is 1.32. The van der Waals surface area contributed by atoms with E-state index in [2.05, 4.69) is 48.3 Å². The zero-order valence-electron chi connectivity index (χ0n) is 13.6. The quantitative estimate of drug-likeness (QED) is 0.744. The van der Waals surface area contributed by atoms with Gasteiger partial charge in [-0.25, -0.2) is 0 Å². The van der Waals surface area contributed by atoms with E-state index in [1.54, 1.807) is 0 Å². The minimum absolute atomic E-state index is 0.793. The third-order valence-electron chi connectivity index (χ3n) is 4.23. The van der Waals surface area contributed by atoms with Gasteiger partial charge in [0.2, 0.25) is 0 Å². The number of rotatable bonds is 8. The molecule has 0 atom stereocenters. The summed E-state index contributed by atoms with van der Waals surface area (Å²) in [6.45, 7) is 10.9. The number of nitrogens with zero attached hydrogens (tertiary/aromatic N) is 1. The van der Waals surface area contributed by atoms with Gasteiger partial charge in [-0.3, -0.25) is 4.90 Å². The molecule has 21 heavy (non-hydrogen) atoms. The van der Waals surface area contributed by atoms with Gasteiger partial charge in [-0.05, 0) is 62.5 Å². The maximum absolute atomic E-state index is 5.85. The minimum atomic E-state index is 0.793. The Morgan fingerprint density at radius 2 is 1.90 bits per heavy atom. The van der Waals surface area contributed by atoms with E-state index >= 15 is 0 Å². The zero-order chi connectivity index (χ0) is 14.9. The lowest BCUT2D eigenvalue weighted by molar-refractivity contribution is 0.160. The van der Waals surface area contributed by atoms with Gasteiger partial charge in [-0.15, -0.1) is 0 Å². The maximum atomic E-state index is 5.85. The fourth-order valence-corrected chi connectivity index (χ4v) is 2.69. The van der Waals surface area contributed by atoms with E-state index in [4.69, 9.17) is 4.74 Å². The first-order valence-corrected chi connectivity index (χ1v) is 8.42. The van der Waals surface area contributed by atoms with Crippen LogP contribution in [0.15, 0.2) is 24.3 Å². The Morgan fingerprint density at radius 1 is 1.19 bits per heavy atom. The number of hydrogen-bond acceptors (Lipinski definition) is 3. The predicted octanol–water partition coefficient (Wildman–Crippen LogP) is 3.30. The van der Waals surface area contributed by atoms with Crippen LogP contribution in [0.3, 0.4) is 0 Å². The lowest BCUT2D eigenvalue weighted by Gasteiger charge is -2.29. The molecule has 0 radical (unpaired) electrons. The molecule has 0 aromatic heterocycles. The van der Waals surface area contributed by atoms with Crippen LogP contribution < -0.4 is 10.1 Å². The largest absolute Gasteiger partial charge is 0.492 e. The molecule has 1 aliphatic heterocycles. The topological polar surface area (TPSA) is 24.5 Å². The van der Waals surface area contributed by atoms with Crippen LogP contribution in [0.2, 0.25) is 0 Å². The Bertz CT molecular complexity index is 383. The molecule has 1 aliphatic rings. The Labute approximate surface area is 129 Å². The Morgan fingerprint density at radius 3 is 2.57 bits per heavy atom. The average Bonchev–Trinajstić information content (AvgIpc) is 2.51. The molecule has 3 nitrogen and oxygen atoms in total. The Kier molecular flexibility index (Phi) is 7.04. The van der Waals surface area contributed by atoms with Crippen LogP contribution in [-0.2, 0) is 6.54 Å². The van der Waals surface area contributed by atoms with Crippen LogP contribution >= 0.6 is 0 Å². The van der Waals surface area contributed by atoms with E-state index < -0.39 is 0 Å². The fraction of sp³-hybridized carbons (Fsp3) is 0.667. The smallest absolute Gasteiger partial charge is 0.119 e. The molecule has 0 saturated carbocycles. The zero-order valence-corrected chi connectivity index (χ0v) is 13.6. The first kappa shape index (κ1) is 16.3. The Hall–Kier alpha value is -1.06. The molecule has 0 amide bonds. The number of piperidine rings is 1. The van der Waals surface area contributed by atoms with Crippen molar-refractivity contribution in [3.63, 3.8) is 0 Å². The van der Waals surface area contributed by atoms with Gasteiger partial charge in [0, 0.05) is 13.1 Å². The van der Waals surface area contributed by atoms with E-state index in [9.17, 15) is 0 Å². The van der Waals surface area contributed by atoms with Crippen LogP contribution in [0.4, 0.5) is 0 Å². The lowest BCUT2D eigenvalue weighted by atomic mass is 9.99. The molecule has 1 aromatic rings. The van der Waals surface area contributed by atoms with Crippen molar-refractivity contribution in [3.8, 4) is 5.75 Å². The summed E-state index contributed by atoms with van der Waals surface area (Å²) in [7, 11) is 0. The highest BCUT2D eigenvalue weighted by Crippen LogP contribution is 2.16. The molecule has 0 unspecified atom stereocenters. The molecule has 1 aromatic carbocycles. The van der Waals surface area contributed by atoms with Gasteiger partial charge < -0.3 is 10.1 Å². The molecule has 1 N–H and O–H groups in total. The van der Waals surface area contributed by atoms with Crippen LogP contribution in [0, 0.1) is 5.92 Å². The molecule has 1 fully saturated rings. The molecule has 118 valence electrons. The second-order valence-corrected chi connectivity index (χ2v) is 6.19. The van der Waals surface area contributed by atoms with E-state index in [1.807, 2.05) is 0 Å². The number of benzene rings is 1. The first-order valence-electron chi connectivity index (χ1n) is 8.42. The van der Waals surface area contributed by atoms with Crippen molar-refractivity contribution in [1.82, 2.24) is 10.2 Å². The second-order valence-electron chi connectivity index (χ2n) is 6.19. The maximum Gasteiger partial charge on any atom is 0.119 e. The predicted molar refractivity (Wildman–Crippen MR) is 88.8 cm³/mol. The van der Waals surface area contributed by atoms with Gasteiger partial charge in [-0.2, -0.15) is 0 Å². The fourth-order valence-electron chi connectivity index (χ4n) is 2.69. The van der Waals surface area contributed by atoms with Gasteiger partial charge in [0.25, 0.3) is 0 Å². The van der Waals surface area contributed by atoms with E-state index in [-0.39, 0.29) is 0 Å². The number of nitrogens with one attached hydrogen (secondary N) is 1. The van der Waals surface area contributed by atoms with E-state index in [0.717, 1.165) is 37.9 Å². The van der Waals surface area contributed by atoms with Crippen LogP contribution in [0.5, 0.6) is 5.75 Å². The van der Waals surface area contributed by atoms with Crippen molar-refractivity contribution < 1.29 is 4.74 Å². The van der Waals surface area contributed by atoms with E-state index in [0.29, 0.717) is 0 Å². The SMILES string of the molecule is CCCNCc1ccc(OCCN2CCC(C)CC2)cc1. The van der Waals surface area contributed by atoms with Gasteiger partial charge >= 0.3 is 0 Å². The van der Waals surface area contributed by atoms with Crippen molar-refractivity contribution >= 4 is 0 Å². The van der Waals surface area contributed by atoms with Gasteiger partial charge in [0.05, 0.1) is 0 Å². The lowest BCUT2D eigenvalue weighted by Crippen LogP contribution is -2.35. The summed E-state index contributed by atoms with van der Waals surface area (Å²) < 4.78 is 5.85. The normalized spacial score (nSPS) is 17.0. The summed E-state index contributed by atoms with van der Waals surface area (Å²) in [6, 6.07) is 8.48. The Balaban J connectivity index is 1.64. The standard InChI is InChI=1S/C18H30N2O/c1-3-10-19-15-17-4-6-18(7-5-17)21-14-13-20-11-8-16(2)9-12-20/h4-7,16,19H,3,8-15H2,1-2H3. The first-order chi connectivity index (χ1) is 10.3. The molecule has 0 bridgehead atoms. The van der Waals surface area contributed by atoms with Crippen molar-refractivity contribution in [1.29, 1.82) is 0 Å². The van der Waals surface area contributed by atoms with Crippen molar-refractivity contribution in [2.24, 2.45) is 5.92 Å². The summed E-state index contributed by atoms with van der Waals surface area (Å²) in [5, 5.41) is 3.41. The van der Waals surface area contributed by atoms with Crippen LogP contribution in [0.1, 0.15) is 38.7 Å². The van der Waals surface area contributed by atoms with Crippen LogP contribution in [0.25, 0.3) is 0 Å². The molecule has 1 heterocycles. The average molecular weight is 290 g/mol. The third-order valence-corrected chi connectivity index (χ3v) is 4.23. The molecule has 0 aliphatic carbocycles. The van der Waals surface area contributed by atoms with E-state index in [1.165, 1.54) is 37.9 Å². The minimum Gasteiger partial charge on any atom is -0.492 e.